The lowest BCUT2D eigenvalue weighted by Crippen LogP contribution is -2.12. The van der Waals surface area contributed by atoms with Crippen LogP contribution in [0.1, 0.15) is 11.1 Å². The number of hydrogen-bond acceptors (Lipinski definition) is 4. The average molecular weight is 253 g/mol. The Balaban J connectivity index is 1.76. The van der Waals surface area contributed by atoms with Gasteiger partial charge in [-0.3, -0.25) is 0 Å². The van der Waals surface area contributed by atoms with Gasteiger partial charge in [-0.15, -0.1) is 0 Å². The third kappa shape index (κ3) is 4.00. The van der Waals surface area contributed by atoms with Gasteiger partial charge in [-0.2, -0.15) is 5.26 Å². The van der Waals surface area contributed by atoms with Gasteiger partial charge >= 0.3 is 0 Å². The molecule has 0 amide bonds. The summed E-state index contributed by atoms with van der Waals surface area (Å²) >= 11 is 0. The van der Waals surface area contributed by atoms with Crippen molar-refractivity contribution in [2.45, 2.75) is 6.92 Å². The van der Waals surface area contributed by atoms with Crippen LogP contribution in [-0.2, 0) is 0 Å². The van der Waals surface area contributed by atoms with Crippen LogP contribution in [0.25, 0.3) is 0 Å². The third-order valence-corrected chi connectivity index (χ3v) is 2.56. The molecule has 1 heterocycles. The molecule has 1 aromatic carbocycles. The maximum Gasteiger partial charge on any atom is 0.126 e. The van der Waals surface area contributed by atoms with E-state index in [1.54, 1.807) is 18.3 Å². The van der Waals surface area contributed by atoms with Gasteiger partial charge in [0.05, 0.1) is 12.1 Å². The van der Waals surface area contributed by atoms with E-state index in [1.807, 2.05) is 37.3 Å². The average Bonchev–Trinajstić information content (AvgIpc) is 2.44. The highest BCUT2D eigenvalue weighted by atomic mass is 16.5. The van der Waals surface area contributed by atoms with Gasteiger partial charge in [0, 0.05) is 6.20 Å². The predicted molar refractivity (Wildman–Crippen MR) is 74.1 cm³/mol. The zero-order valence-corrected chi connectivity index (χ0v) is 10.8. The molecule has 0 fully saturated rings. The second-order valence-electron chi connectivity index (χ2n) is 4.14. The molecule has 2 rings (SSSR count). The Morgan fingerprint density at radius 1 is 1.32 bits per heavy atom. The molecule has 4 heteroatoms. The quantitative estimate of drug-likeness (QED) is 0.832. The first-order chi connectivity index (χ1) is 9.28. The number of ether oxygens (including phenoxy) is 1. The fraction of sp³-hybridized carbons (Fsp3) is 0.200. The number of nitrogens with zero attached hydrogens (tertiary/aromatic N) is 2. The summed E-state index contributed by atoms with van der Waals surface area (Å²) in [6.07, 6.45) is 1.55. The Morgan fingerprint density at radius 3 is 2.89 bits per heavy atom. The number of rotatable bonds is 5. The molecule has 4 nitrogen and oxygen atoms in total. The minimum absolute atomic E-state index is 0.557. The van der Waals surface area contributed by atoms with Crippen molar-refractivity contribution in [2.24, 2.45) is 0 Å². The van der Waals surface area contributed by atoms with Crippen molar-refractivity contribution in [3.8, 4) is 11.8 Å². The fourth-order valence-electron chi connectivity index (χ4n) is 1.62. The highest BCUT2D eigenvalue weighted by molar-refractivity contribution is 5.38. The first-order valence-electron chi connectivity index (χ1n) is 6.07. The smallest absolute Gasteiger partial charge is 0.126 e. The highest BCUT2D eigenvalue weighted by Crippen LogP contribution is 2.12. The first-order valence-corrected chi connectivity index (χ1v) is 6.07. The summed E-state index contributed by atoms with van der Waals surface area (Å²) < 4.78 is 5.61. The molecule has 2 aromatic rings. The van der Waals surface area contributed by atoms with Crippen molar-refractivity contribution >= 4 is 5.82 Å². The molecule has 1 N–H and O–H groups in total. The van der Waals surface area contributed by atoms with Crippen molar-refractivity contribution in [3.63, 3.8) is 0 Å². The molecule has 0 unspecified atom stereocenters. The number of aromatic nitrogens is 1. The molecular weight excluding hydrogens is 238 g/mol. The van der Waals surface area contributed by atoms with E-state index in [2.05, 4.69) is 10.3 Å². The van der Waals surface area contributed by atoms with Crippen molar-refractivity contribution in [1.29, 1.82) is 5.26 Å². The van der Waals surface area contributed by atoms with Crippen LogP contribution in [0.2, 0.25) is 0 Å². The first kappa shape index (κ1) is 12.9. The molecule has 0 atom stereocenters. The maximum absolute atomic E-state index is 8.66. The molecule has 0 bridgehead atoms. The normalized spacial score (nSPS) is 9.68. The topological polar surface area (TPSA) is 57.9 Å². The van der Waals surface area contributed by atoms with Crippen LogP contribution in [-0.4, -0.2) is 18.1 Å². The Morgan fingerprint density at radius 2 is 2.21 bits per heavy atom. The van der Waals surface area contributed by atoms with Crippen molar-refractivity contribution in [3.05, 3.63) is 53.7 Å². The van der Waals surface area contributed by atoms with Gasteiger partial charge in [0.25, 0.3) is 0 Å². The molecule has 19 heavy (non-hydrogen) atoms. The van der Waals surface area contributed by atoms with Gasteiger partial charge in [-0.05, 0) is 36.8 Å². The molecule has 0 aliphatic rings. The number of pyridine rings is 1. The Kier molecular flexibility index (Phi) is 4.35. The second-order valence-corrected chi connectivity index (χ2v) is 4.14. The second kappa shape index (κ2) is 6.41. The van der Waals surface area contributed by atoms with Crippen LogP contribution in [0.5, 0.6) is 5.75 Å². The van der Waals surface area contributed by atoms with Gasteiger partial charge in [0.15, 0.2) is 0 Å². The largest absolute Gasteiger partial charge is 0.492 e. The summed E-state index contributed by atoms with van der Waals surface area (Å²) in [4.78, 5) is 4.12. The molecular formula is C15H15N3O. The van der Waals surface area contributed by atoms with Crippen LogP contribution in [0, 0.1) is 18.3 Å². The number of hydrogen-bond donors (Lipinski definition) is 1. The molecule has 0 aliphatic carbocycles. The van der Waals surface area contributed by atoms with Gasteiger partial charge in [-0.1, -0.05) is 12.1 Å². The van der Waals surface area contributed by atoms with Gasteiger partial charge in [0.1, 0.15) is 24.2 Å². The Bertz CT molecular complexity index is 573. The summed E-state index contributed by atoms with van der Waals surface area (Å²) in [5.41, 5.74) is 1.74. The van der Waals surface area contributed by atoms with Crippen molar-refractivity contribution in [1.82, 2.24) is 4.98 Å². The predicted octanol–water partition coefficient (Wildman–Crippen LogP) is 2.75. The summed E-state index contributed by atoms with van der Waals surface area (Å²) in [6, 6.07) is 13.5. The van der Waals surface area contributed by atoms with E-state index in [1.165, 1.54) is 5.56 Å². The fourth-order valence-corrected chi connectivity index (χ4v) is 1.62. The van der Waals surface area contributed by atoms with E-state index in [-0.39, 0.29) is 0 Å². The lowest BCUT2D eigenvalue weighted by molar-refractivity contribution is 0.332. The molecule has 0 spiro atoms. The summed E-state index contributed by atoms with van der Waals surface area (Å²) in [7, 11) is 0. The Hall–Kier alpha value is -2.54. The van der Waals surface area contributed by atoms with Gasteiger partial charge in [0.2, 0.25) is 0 Å². The third-order valence-electron chi connectivity index (χ3n) is 2.56. The lowest BCUT2D eigenvalue weighted by Gasteiger charge is -2.08. The minimum atomic E-state index is 0.557. The molecule has 0 aliphatic heterocycles. The van der Waals surface area contributed by atoms with E-state index < -0.39 is 0 Å². The van der Waals surface area contributed by atoms with E-state index in [0.717, 1.165) is 11.6 Å². The van der Waals surface area contributed by atoms with Crippen LogP contribution in [0.15, 0.2) is 42.6 Å². The molecule has 0 saturated heterocycles. The Labute approximate surface area is 112 Å². The summed E-state index contributed by atoms with van der Waals surface area (Å²) in [5.74, 6) is 1.61. The number of benzene rings is 1. The van der Waals surface area contributed by atoms with Gasteiger partial charge < -0.3 is 10.1 Å². The van der Waals surface area contributed by atoms with Crippen LogP contribution in [0.4, 0.5) is 5.82 Å². The number of anilines is 1. The zero-order chi connectivity index (χ0) is 13.5. The molecule has 1 aromatic heterocycles. The van der Waals surface area contributed by atoms with Crippen LogP contribution in [0.3, 0.4) is 0 Å². The van der Waals surface area contributed by atoms with E-state index in [9.17, 15) is 0 Å². The molecule has 96 valence electrons. The summed E-state index contributed by atoms with van der Waals surface area (Å²) in [6.45, 7) is 3.25. The standard InChI is InChI=1S/C15H15N3O/c1-12-3-2-4-14(9-12)19-8-7-17-15-6-5-13(10-16)11-18-15/h2-6,9,11H,7-8H2,1H3,(H,17,18). The molecule has 0 saturated carbocycles. The minimum Gasteiger partial charge on any atom is -0.492 e. The van der Waals surface area contributed by atoms with E-state index in [0.29, 0.717) is 18.7 Å². The van der Waals surface area contributed by atoms with Crippen LogP contribution < -0.4 is 10.1 Å². The number of nitriles is 1. The number of aryl methyl sites for hydroxylation is 1. The SMILES string of the molecule is Cc1cccc(OCCNc2ccc(C#N)cn2)c1. The highest BCUT2D eigenvalue weighted by Gasteiger charge is 1.96. The van der Waals surface area contributed by atoms with Crippen LogP contribution >= 0.6 is 0 Å². The summed E-state index contributed by atoms with van der Waals surface area (Å²) in [5, 5.41) is 11.8. The monoisotopic (exact) mass is 253 g/mol. The number of nitrogens with one attached hydrogen (secondary N) is 1. The van der Waals surface area contributed by atoms with E-state index >= 15 is 0 Å². The van der Waals surface area contributed by atoms with Crippen molar-refractivity contribution in [2.75, 3.05) is 18.5 Å². The van der Waals surface area contributed by atoms with Gasteiger partial charge in [-0.25, -0.2) is 4.98 Å². The maximum atomic E-state index is 8.66. The lowest BCUT2D eigenvalue weighted by atomic mass is 10.2. The molecule has 0 radical (unpaired) electrons. The van der Waals surface area contributed by atoms with E-state index in [4.69, 9.17) is 10.00 Å². The zero-order valence-electron chi connectivity index (χ0n) is 10.8. The van der Waals surface area contributed by atoms with Crippen molar-refractivity contribution < 1.29 is 4.74 Å².